The molecule has 0 aromatic heterocycles. The smallest absolute Gasteiger partial charge is 0.312 e. The molecular weight excluding hydrogens is 498 g/mol. The largest absolute Gasteiger partial charge is 0.392 e. The molecule has 2 rings (SSSR count). The lowest BCUT2D eigenvalue weighted by Crippen LogP contribution is -2.53. The monoisotopic (exact) mass is 539 g/mol. The number of nitrogens with two attached hydrogens (primary N) is 1. The molecule has 0 spiro atoms. The SMILES string of the molecule is CCC(C)CCC(=O)NC(Cc1ccccc1)C(=O)NC(CCCNC(N)=O)C(=O)Nc1ccc(CO)cc1. The van der Waals surface area contributed by atoms with Gasteiger partial charge in [0.1, 0.15) is 12.1 Å². The van der Waals surface area contributed by atoms with Crippen LogP contribution in [0, 0.1) is 5.92 Å². The van der Waals surface area contributed by atoms with Crippen LogP contribution in [0.4, 0.5) is 10.5 Å². The van der Waals surface area contributed by atoms with E-state index in [0.29, 0.717) is 30.0 Å². The highest BCUT2D eigenvalue weighted by Gasteiger charge is 2.27. The van der Waals surface area contributed by atoms with Gasteiger partial charge in [0.25, 0.3) is 0 Å². The van der Waals surface area contributed by atoms with Gasteiger partial charge in [-0.3, -0.25) is 14.4 Å². The number of urea groups is 1. The number of anilines is 1. The summed E-state index contributed by atoms with van der Waals surface area (Å²) in [5.41, 5.74) is 7.20. The Hall–Kier alpha value is -3.92. The number of hydrogen-bond acceptors (Lipinski definition) is 5. The van der Waals surface area contributed by atoms with Crippen LogP contribution in [0.2, 0.25) is 0 Å². The molecule has 3 unspecified atom stereocenters. The first-order valence-electron chi connectivity index (χ1n) is 13.4. The third-order valence-electron chi connectivity index (χ3n) is 6.50. The third kappa shape index (κ3) is 12.0. The van der Waals surface area contributed by atoms with Crippen LogP contribution >= 0.6 is 0 Å². The highest BCUT2D eigenvalue weighted by atomic mass is 16.3. The topological polar surface area (TPSA) is 163 Å². The fourth-order valence-corrected chi connectivity index (χ4v) is 3.89. The first-order chi connectivity index (χ1) is 18.7. The second-order valence-electron chi connectivity index (χ2n) is 9.70. The summed E-state index contributed by atoms with van der Waals surface area (Å²) >= 11 is 0. The van der Waals surface area contributed by atoms with Crippen molar-refractivity contribution in [3.63, 3.8) is 0 Å². The van der Waals surface area contributed by atoms with Crippen molar-refractivity contribution in [1.29, 1.82) is 0 Å². The van der Waals surface area contributed by atoms with E-state index in [0.717, 1.165) is 18.4 Å². The van der Waals surface area contributed by atoms with Gasteiger partial charge in [0, 0.05) is 25.1 Å². The molecule has 0 saturated heterocycles. The number of primary amides is 1. The average Bonchev–Trinajstić information content (AvgIpc) is 2.93. The Labute approximate surface area is 230 Å². The van der Waals surface area contributed by atoms with Crippen molar-refractivity contribution in [2.24, 2.45) is 11.7 Å². The number of aliphatic hydroxyl groups is 1. The average molecular weight is 540 g/mol. The van der Waals surface area contributed by atoms with Crippen LogP contribution in [-0.2, 0) is 27.4 Å². The minimum atomic E-state index is -0.931. The quantitative estimate of drug-likeness (QED) is 0.180. The van der Waals surface area contributed by atoms with E-state index >= 15 is 0 Å². The molecule has 0 aliphatic heterocycles. The van der Waals surface area contributed by atoms with Crippen molar-refractivity contribution >= 4 is 29.4 Å². The molecule has 39 heavy (non-hydrogen) atoms. The van der Waals surface area contributed by atoms with Crippen LogP contribution in [0.1, 0.15) is 57.1 Å². The highest BCUT2D eigenvalue weighted by Crippen LogP contribution is 2.13. The Morgan fingerprint density at radius 1 is 0.872 bits per heavy atom. The predicted octanol–water partition coefficient (Wildman–Crippen LogP) is 2.60. The van der Waals surface area contributed by atoms with E-state index in [4.69, 9.17) is 5.73 Å². The second kappa shape index (κ2) is 16.8. The number of aliphatic hydroxyl groups excluding tert-OH is 1. The molecule has 0 radical (unpaired) electrons. The fourth-order valence-electron chi connectivity index (χ4n) is 3.89. The first-order valence-corrected chi connectivity index (χ1v) is 13.4. The number of benzene rings is 2. The third-order valence-corrected chi connectivity index (χ3v) is 6.50. The number of carbonyl (C=O) groups is 4. The van der Waals surface area contributed by atoms with Gasteiger partial charge < -0.3 is 32.1 Å². The van der Waals surface area contributed by atoms with Gasteiger partial charge in [0.15, 0.2) is 0 Å². The van der Waals surface area contributed by atoms with Crippen LogP contribution in [0.25, 0.3) is 0 Å². The summed E-state index contributed by atoms with van der Waals surface area (Å²) in [5, 5.41) is 20.2. The Balaban J connectivity index is 2.16. The molecule has 0 bridgehead atoms. The molecule has 3 atom stereocenters. The van der Waals surface area contributed by atoms with Gasteiger partial charge in [-0.2, -0.15) is 0 Å². The Kier molecular flexibility index (Phi) is 13.5. The molecule has 0 aliphatic carbocycles. The molecule has 0 fully saturated rings. The zero-order valence-corrected chi connectivity index (χ0v) is 22.7. The van der Waals surface area contributed by atoms with Crippen molar-refractivity contribution in [1.82, 2.24) is 16.0 Å². The summed E-state index contributed by atoms with van der Waals surface area (Å²) in [6.45, 7) is 4.26. The van der Waals surface area contributed by atoms with Crippen molar-refractivity contribution in [2.45, 2.75) is 71.1 Å². The van der Waals surface area contributed by atoms with Crippen LogP contribution in [0.5, 0.6) is 0 Å². The van der Waals surface area contributed by atoms with E-state index in [-0.39, 0.29) is 31.9 Å². The standard InChI is InChI=1S/C29H41N5O5/c1-3-20(2)11-16-26(36)33-25(18-21-8-5-4-6-9-21)28(38)34-24(10-7-17-31-29(30)39)27(37)32-23-14-12-22(19-35)13-15-23/h4-6,8-9,12-15,20,24-25,35H,3,7,10-11,16-19H2,1-2H3,(H,32,37)(H,33,36)(H,34,38)(H3,30,31,39). The number of amides is 5. The summed E-state index contributed by atoms with van der Waals surface area (Å²) in [6, 6.07) is 13.6. The maximum atomic E-state index is 13.4. The lowest BCUT2D eigenvalue weighted by molar-refractivity contribution is -0.131. The van der Waals surface area contributed by atoms with Gasteiger partial charge in [-0.05, 0) is 48.4 Å². The summed E-state index contributed by atoms with van der Waals surface area (Å²) in [5.74, 6) is -0.747. The molecule has 2 aromatic rings. The molecule has 7 N–H and O–H groups in total. The van der Waals surface area contributed by atoms with Gasteiger partial charge in [-0.25, -0.2) is 4.79 Å². The molecule has 0 heterocycles. The summed E-state index contributed by atoms with van der Waals surface area (Å²) in [7, 11) is 0. The maximum Gasteiger partial charge on any atom is 0.312 e. The molecule has 0 aliphatic rings. The molecule has 10 heteroatoms. The van der Waals surface area contributed by atoms with E-state index in [1.807, 2.05) is 30.3 Å². The van der Waals surface area contributed by atoms with Crippen LogP contribution in [-0.4, -0.2) is 47.5 Å². The van der Waals surface area contributed by atoms with E-state index < -0.39 is 29.9 Å². The second-order valence-corrected chi connectivity index (χ2v) is 9.70. The fraction of sp³-hybridized carbons (Fsp3) is 0.448. The van der Waals surface area contributed by atoms with Crippen LogP contribution < -0.4 is 27.0 Å². The van der Waals surface area contributed by atoms with Gasteiger partial charge in [0.05, 0.1) is 6.61 Å². The van der Waals surface area contributed by atoms with E-state index in [2.05, 4.69) is 35.1 Å². The van der Waals surface area contributed by atoms with E-state index in [9.17, 15) is 24.3 Å². The van der Waals surface area contributed by atoms with Crippen molar-refractivity contribution in [2.75, 3.05) is 11.9 Å². The lowest BCUT2D eigenvalue weighted by Gasteiger charge is -2.24. The van der Waals surface area contributed by atoms with Gasteiger partial charge >= 0.3 is 6.03 Å². The predicted molar refractivity (Wildman–Crippen MR) is 151 cm³/mol. The van der Waals surface area contributed by atoms with Crippen molar-refractivity contribution in [3.05, 3.63) is 65.7 Å². The van der Waals surface area contributed by atoms with Crippen molar-refractivity contribution < 1.29 is 24.3 Å². The molecule has 2 aromatic carbocycles. The molecule has 0 saturated carbocycles. The highest BCUT2D eigenvalue weighted by molar-refractivity contribution is 5.98. The number of carbonyl (C=O) groups excluding carboxylic acids is 4. The number of hydrogen-bond donors (Lipinski definition) is 6. The summed E-state index contributed by atoms with van der Waals surface area (Å²) < 4.78 is 0. The minimum absolute atomic E-state index is 0.119. The first kappa shape index (κ1) is 31.3. The van der Waals surface area contributed by atoms with Crippen molar-refractivity contribution in [3.8, 4) is 0 Å². The summed E-state index contributed by atoms with van der Waals surface area (Å²) in [6.07, 6.45) is 2.87. The van der Waals surface area contributed by atoms with Gasteiger partial charge in [-0.15, -0.1) is 0 Å². The number of nitrogens with one attached hydrogen (secondary N) is 4. The normalized spacial score (nSPS) is 13.0. The van der Waals surface area contributed by atoms with Crippen LogP contribution in [0.15, 0.2) is 54.6 Å². The Morgan fingerprint density at radius 2 is 1.56 bits per heavy atom. The molecule has 212 valence electrons. The molecule has 5 amide bonds. The minimum Gasteiger partial charge on any atom is -0.392 e. The van der Waals surface area contributed by atoms with Crippen LogP contribution in [0.3, 0.4) is 0 Å². The Morgan fingerprint density at radius 3 is 2.18 bits per heavy atom. The summed E-state index contributed by atoms with van der Waals surface area (Å²) in [4.78, 5) is 50.4. The lowest BCUT2D eigenvalue weighted by atomic mass is 10.0. The van der Waals surface area contributed by atoms with E-state index in [1.54, 1.807) is 24.3 Å². The zero-order chi connectivity index (χ0) is 28.6. The maximum absolute atomic E-state index is 13.4. The van der Waals surface area contributed by atoms with Gasteiger partial charge in [0.2, 0.25) is 17.7 Å². The molecular formula is C29H41N5O5. The zero-order valence-electron chi connectivity index (χ0n) is 22.7. The number of rotatable bonds is 16. The van der Waals surface area contributed by atoms with E-state index in [1.165, 1.54) is 0 Å². The Bertz CT molecular complexity index is 1060. The molecule has 10 nitrogen and oxygen atoms in total. The van der Waals surface area contributed by atoms with Gasteiger partial charge in [-0.1, -0.05) is 62.7 Å².